The molecule has 3 heteroatoms. The molecule has 0 radical (unpaired) electrons. The molecule has 4 atom stereocenters. The number of rotatable bonds is 4. The fourth-order valence-corrected chi connectivity index (χ4v) is 3.26. The SMILES string of the molecule is CC(C)(C)/C=C/C1CCCC(CC2CCCC(CN)O2)O1. The fraction of sp³-hybridized carbons (Fsp3) is 0.889. The molecule has 0 bridgehead atoms. The molecule has 2 N–H and O–H groups in total. The molecule has 0 aliphatic carbocycles. The Hall–Kier alpha value is -0.380. The van der Waals surface area contributed by atoms with Crippen molar-refractivity contribution in [2.24, 2.45) is 11.1 Å². The lowest BCUT2D eigenvalue weighted by Gasteiger charge is -2.35. The third kappa shape index (κ3) is 6.09. The van der Waals surface area contributed by atoms with Crippen LogP contribution in [0.5, 0.6) is 0 Å². The Bertz CT molecular complexity index is 335. The predicted molar refractivity (Wildman–Crippen MR) is 87.3 cm³/mol. The van der Waals surface area contributed by atoms with Crippen molar-refractivity contribution in [2.45, 2.75) is 90.1 Å². The van der Waals surface area contributed by atoms with Crippen LogP contribution < -0.4 is 5.73 Å². The summed E-state index contributed by atoms with van der Waals surface area (Å²) in [5.74, 6) is 0. The van der Waals surface area contributed by atoms with Gasteiger partial charge in [-0.3, -0.25) is 0 Å². The summed E-state index contributed by atoms with van der Waals surface area (Å²) in [4.78, 5) is 0. The van der Waals surface area contributed by atoms with Gasteiger partial charge in [-0.25, -0.2) is 0 Å². The van der Waals surface area contributed by atoms with Gasteiger partial charge in [-0.15, -0.1) is 0 Å². The average molecular weight is 295 g/mol. The summed E-state index contributed by atoms with van der Waals surface area (Å²) in [6.45, 7) is 7.34. The van der Waals surface area contributed by atoms with E-state index in [0.29, 0.717) is 18.8 Å². The van der Waals surface area contributed by atoms with Crippen molar-refractivity contribution < 1.29 is 9.47 Å². The molecule has 0 aromatic carbocycles. The Balaban J connectivity index is 1.79. The molecule has 4 unspecified atom stereocenters. The molecule has 2 aliphatic rings. The van der Waals surface area contributed by atoms with Crippen LogP contribution in [0.4, 0.5) is 0 Å². The average Bonchev–Trinajstić information content (AvgIpc) is 2.45. The molecule has 2 fully saturated rings. The number of hydrogen-bond acceptors (Lipinski definition) is 3. The fourth-order valence-electron chi connectivity index (χ4n) is 3.26. The highest BCUT2D eigenvalue weighted by Gasteiger charge is 2.28. The van der Waals surface area contributed by atoms with Crippen molar-refractivity contribution >= 4 is 0 Å². The highest BCUT2D eigenvalue weighted by atomic mass is 16.5. The lowest BCUT2D eigenvalue weighted by Crippen LogP contribution is -2.37. The molecule has 0 amide bonds. The summed E-state index contributed by atoms with van der Waals surface area (Å²) in [5.41, 5.74) is 5.97. The molecular formula is C18H33NO2. The van der Waals surface area contributed by atoms with Gasteiger partial charge in [0.05, 0.1) is 24.4 Å². The Kier molecular flexibility index (Phi) is 6.27. The largest absolute Gasteiger partial charge is 0.374 e. The highest BCUT2D eigenvalue weighted by Crippen LogP contribution is 2.29. The Morgan fingerprint density at radius 1 is 0.952 bits per heavy atom. The first-order valence-corrected chi connectivity index (χ1v) is 8.66. The summed E-state index contributed by atoms with van der Waals surface area (Å²) < 4.78 is 12.3. The minimum atomic E-state index is 0.233. The van der Waals surface area contributed by atoms with Crippen molar-refractivity contribution in [2.75, 3.05) is 6.54 Å². The zero-order valence-electron chi connectivity index (χ0n) is 14.0. The van der Waals surface area contributed by atoms with Crippen LogP contribution >= 0.6 is 0 Å². The lowest BCUT2D eigenvalue weighted by molar-refractivity contribution is -0.0945. The van der Waals surface area contributed by atoms with Crippen LogP contribution in [0.15, 0.2) is 12.2 Å². The molecular weight excluding hydrogens is 262 g/mol. The quantitative estimate of drug-likeness (QED) is 0.802. The third-order valence-corrected chi connectivity index (χ3v) is 4.42. The van der Waals surface area contributed by atoms with E-state index in [4.69, 9.17) is 15.2 Å². The van der Waals surface area contributed by atoms with Crippen LogP contribution in [0, 0.1) is 5.41 Å². The van der Waals surface area contributed by atoms with Crippen molar-refractivity contribution in [3.05, 3.63) is 12.2 Å². The van der Waals surface area contributed by atoms with Crippen molar-refractivity contribution in [1.82, 2.24) is 0 Å². The minimum absolute atomic E-state index is 0.233. The second kappa shape index (κ2) is 7.75. The first kappa shape index (κ1) is 17.0. The molecule has 21 heavy (non-hydrogen) atoms. The highest BCUT2D eigenvalue weighted by molar-refractivity contribution is 4.98. The second-order valence-electron chi connectivity index (χ2n) is 7.73. The first-order valence-electron chi connectivity index (χ1n) is 8.66. The topological polar surface area (TPSA) is 44.5 Å². The van der Waals surface area contributed by atoms with E-state index in [-0.39, 0.29) is 17.6 Å². The Morgan fingerprint density at radius 3 is 2.24 bits per heavy atom. The van der Waals surface area contributed by atoms with Crippen molar-refractivity contribution in [3.8, 4) is 0 Å². The molecule has 2 heterocycles. The van der Waals surface area contributed by atoms with Gasteiger partial charge in [0.25, 0.3) is 0 Å². The molecule has 2 rings (SSSR count). The molecule has 0 spiro atoms. The van der Waals surface area contributed by atoms with E-state index in [1.165, 1.54) is 25.7 Å². The molecule has 2 aliphatic heterocycles. The van der Waals surface area contributed by atoms with Crippen LogP contribution in [-0.2, 0) is 9.47 Å². The monoisotopic (exact) mass is 295 g/mol. The van der Waals surface area contributed by atoms with Crippen LogP contribution in [0.1, 0.15) is 65.7 Å². The normalized spacial score (nSPS) is 35.2. The van der Waals surface area contributed by atoms with Crippen LogP contribution in [-0.4, -0.2) is 31.0 Å². The summed E-state index contributed by atoms with van der Waals surface area (Å²) >= 11 is 0. The van der Waals surface area contributed by atoms with E-state index >= 15 is 0 Å². The first-order chi connectivity index (χ1) is 9.96. The van der Waals surface area contributed by atoms with E-state index < -0.39 is 0 Å². The maximum absolute atomic E-state index is 6.26. The van der Waals surface area contributed by atoms with Crippen molar-refractivity contribution in [1.29, 1.82) is 0 Å². The lowest BCUT2D eigenvalue weighted by atomic mass is 9.93. The maximum Gasteiger partial charge on any atom is 0.0759 e. The van der Waals surface area contributed by atoms with Crippen LogP contribution in [0.25, 0.3) is 0 Å². The molecule has 122 valence electrons. The number of ether oxygens (including phenoxy) is 2. The summed E-state index contributed by atoms with van der Waals surface area (Å²) in [6.07, 6.45) is 14.0. The third-order valence-electron chi connectivity index (χ3n) is 4.42. The molecule has 0 aromatic heterocycles. The smallest absolute Gasteiger partial charge is 0.0759 e. The van der Waals surface area contributed by atoms with Gasteiger partial charge in [-0.05, 0) is 50.4 Å². The molecule has 0 aromatic rings. The molecule has 3 nitrogen and oxygen atoms in total. The van der Waals surface area contributed by atoms with E-state index in [2.05, 4.69) is 32.9 Å². The summed E-state index contributed by atoms with van der Waals surface area (Å²) in [6, 6.07) is 0. The van der Waals surface area contributed by atoms with Gasteiger partial charge in [-0.1, -0.05) is 32.9 Å². The van der Waals surface area contributed by atoms with Crippen molar-refractivity contribution in [3.63, 3.8) is 0 Å². The zero-order chi connectivity index (χ0) is 15.3. The molecule has 2 saturated heterocycles. The zero-order valence-corrected chi connectivity index (χ0v) is 14.0. The van der Waals surface area contributed by atoms with E-state index in [9.17, 15) is 0 Å². The van der Waals surface area contributed by atoms with E-state index in [1.807, 2.05) is 0 Å². The van der Waals surface area contributed by atoms with E-state index in [1.54, 1.807) is 0 Å². The summed E-state index contributed by atoms with van der Waals surface area (Å²) in [5, 5.41) is 0. The molecule has 0 saturated carbocycles. The number of nitrogens with two attached hydrogens (primary N) is 1. The maximum atomic E-state index is 6.26. The van der Waals surface area contributed by atoms with Gasteiger partial charge in [0.15, 0.2) is 0 Å². The Morgan fingerprint density at radius 2 is 1.57 bits per heavy atom. The number of hydrogen-bond donors (Lipinski definition) is 1. The second-order valence-corrected chi connectivity index (χ2v) is 7.73. The minimum Gasteiger partial charge on any atom is -0.374 e. The van der Waals surface area contributed by atoms with Gasteiger partial charge in [-0.2, -0.15) is 0 Å². The Labute approximate surface area is 130 Å². The van der Waals surface area contributed by atoms with Gasteiger partial charge >= 0.3 is 0 Å². The summed E-state index contributed by atoms with van der Waals surface area (Å²) in [7, 11) is 0. The van der Waals surface area contributed by atoms with Gasteiger partial charge in [0, 0.05) is 6.54 Å². The van der Waals surface area contributed by atoms with Crippen LogP contribution in [0.2, 0.25) is 0 Å². The predicted octanol–water partition coefficient (Wildman–Crippen LogP) is 3.81. The van der Waals surface area contributed by atoms with Gasteiger partial charge in [0.1, 0.15) is 0 Å². The van der Waals surface area contributed by atoms with Gasteiger partial charge in [0.2, 0.25) is 0 Å². The number of allylic oxidation sites excluding steroid dienone is 1. The van der Waals surface area contributed by atoms with E-state index in [0.717, 1.165) is 19.3 Å². The van der Waals surface area contributed by atoms with Gasteiger partial charge < -0.3 is 15.2 Å². The standard InChI is InChI=1S/C18H33NO2/c1-18(2,3)11-10-14-6-4-7-15(20-14)12-16-8-5-9-17(13-19)21-16/h10-11,14-17H,4-9,12-13,19H2,1-3H3/b11-10+. The van der Waals surface area contributed by atoms with Crippen LogP contribution in [0.3, 0.4) is 0 Å².